The standard InChI is InChI=1S/C14H9BrClN3O3/c15-12-5-4-9(6-13(12)19(21)22)8-17-18-14(20)10-2-1-3-11(16)7-10/h1-8H,(H,18,20)/b17-8-. The largest absolute Gasteiger partial charge is 0.284 e. The second-order valence-corrected chi connectivity index (χ2v) is 5.47. The van der Waals surface area contributed by atoms with E-state index >= 15 is 0 Å². The van der Waals surface area contributed by atoms with Crippen LogP contribution in [-0.2, 0) is 0 Å². The maximum Gasteiger partial charge on any atom is 0.284 e. The molecule has 0 heterocycles. The molecule has 0 fully saturated rings. The van der Waals surface area contributed by atoms with Crippen LogP contribution in [0.3, 0.4) is 0 Å². The van der Waals surface area contributed by atoms with Crippen LogP contribution in [0.1, 0.15) is 15.9 Å². The van der Waals surface area contributed by atoms with Gasteiger partial charge in [-0.15, -0.1) is 0 Å². The van der Waals surface area contributed by atoms with E-state index in [1.807, 2.05) is 0 Å². The Kier molecular flexibility index (Phi) is 5.24. The zero-order chi connectivity index (χ0) is 16.1. The summed E-state index contributed by atoms with van der Waals surface area (Å²) in [4.78, 5) is 22.1. The van der Waals surface area contributed by atoms with Crippen LogP contribution in [-0.4, -0.2) is 17.0 Å². The molecule has 0 saturated carbocycles. The fraction of sp³-hybridized carbons (Fsp3) is 0. The van der Waals surface area contributed by atoms with Gasteiger partial charge in [-0.1, -0.05) is 23.7 Å². The van der Waals surface area contributed by atoms with Gasteiger partial charge in [0.2, 0.25) is 0 Å². The Morgan fingerprint density at radius 3 is 2.77 bits per heavy atom. The maximum atomic E-state index is 11.8. The summed E-state index contributed by atoms with van der Waals surface area (Å²) in [6, 6.07) is 10.9. The number of carbonyl (C=O) groups is 1. The Bertz CT molecular complexity index is 765. The second-order valence-electron chi connectivity index (χ2n) is 4.18. The predicted octanol–water partition coefficient (Wildman–Crippen LogP) is 3.77. The number of nitrogens with one attached hydrogen (secondary N) is 1. The highest BCUT2D eigenvalue weighted by molar-refractivity contribution is 9.10. The van der Waals surface area contributed by atoms with Crippen LogP contribution in [0.15, 0.2) is 52.0 Å². The van der Waals surface area contributed by atoms with Crippen molar-refractivity contribution in [1.29, 1.82) is 0 Å². The normalized spacial score (nSPS) is 10.6. The Balaban J connectivity index is 2.08. The molecule has 0 saturated heterocycles. The van der Waals surface area contributed by atoms with Crippen molar-refractivity contribution >= 4 is 45.3 Å². The molecule has 0 spiro atoms. The SMILES string of the molecule is O=C(N/N=C\c1ccc(Br)c([N+](=O)[O-])c1)c1cccc(Cl)c1. The third-order valence-electron chi connectivity index (χ3n) is 2.63. The highest BCUT2D eigenvalue weighted by atomic mass is 79.9. The van der Waals surface area contributed by atoms with Gasteiger partial charge in [0.15, 0.2) is 0 Å². The molecule has 2 aromatic rings. The fourth-order valence-electron chi connectivity index (χ4n) is 1.61. The zero-order valence-corrected chi connectivity index (χ0v) is 13.3. The first-order chi connectivity index (χ1) is 10.5. The quantitative estimate of drug-likeness (QED) is 0.496. The van der Waals surface area contributed by atoms with E-state index in [0.29, 0.717) is 20.6 Å². The van der Waals surface area contributed by atoms with Crippen molar-refractivity contribution in [2.45, 2.75) is 0 Å². The minimum Gasteiger partial charge on any atom is -0.267 e. The van der Waals surface area contributed by atoms with Crippen molar-refractivity contribution in [2.24, 2.45) is 5.10 Å². The Labute approximate surface area is 139 Å². The van der Waals surface area contributed by atoms with E-state index < -0.39 is 10.8 Å². The first-order valence-corrected chi connectivity index (χ1v) is 7.17. The molecule has 0 unspecified atom stereocenters. The number of nitro benzene ring substituents is 1. The highest BCUT2D eigenvalue weighted by Gasteiger charge is 2.11. The van der Waals surface area contributed by atoms with Crippen LogP contribution in [0.2, 0.25) is 5.02 Å². The van der Waals surface area contributed by atoms with Gasteiger partial charge in [-0.25, -0.2) is 5.43 Å². The lowest BCUT2D eigenvalue weighted by Crippen LogP contribution is -2.17. The van der Waals surface area contributed by atoms with E-state index in [1.54, 1.807) is 24.3 Å². The van der Waals surface area contributed by atoms with E-state index in [9.17, 15) is 14.9 Å². The second kappa shape index (κ2) is 7.15. The van der Waals surface area contributed by atoms with E-state index in [-0.39, 0.29) is 5.69 Å². The molecule has 2 rings (SSSR count). The predicted molar refractivity (Wildman–Crippen MR) is 87.3 cm³/mol. The van der Waals surface area contributed by atoms with Gasteiger partial charge in [0.1, 0.15) is 0 Å². The van der Waals surface area contributed by atoms with Crippen LogP contribution in [0.4, 0.5) is 5.69 Å². The smallest absolute Gasteiger partial charge is 0.267 e. The van der Waals surface area contributed by atoms with Gasteiger partial charge in [-0.05, 0) is 40.2 Å². The summed E-state index contributed by atoms with van der Waals surface area (Å²) in [6.45, 7) is 0. The van der Waals surface area contributed by atoms with Crippen LogP contribution in [0, 0.1) is 10.1 Å². The molecule has 22 heavy (non-hydrogen) atoms. The van der Waals surface area contributed by atoms with Gasteiger partial charge < -0.3 is 0 Å². The number of nitrogens with zero attached hydrogens (tertiary/aromatic N) is 2. The summed E-state index contributed by atoms with van der Waals surface area (Å²) in [5.41, 5.74) is 3.10. The Morgan fingerprint density at radius 1 is 1.32 bits per heavy atom. The summed E-state index contributed by atoms with van der Waals surface area (Å²) in [6.07, 6.45) is 1.32. The minimum atomic E-state index is -0.508. The van der Waals surface area contributed by atoms with Crippen molar-refractivity contribution in [3.8, 4) is 0 Å². The van der Waals surface area contributed by atoms with Gasteiger partial charge in [0.25, 0.3) is 11.6 Å². The van der Waals surface area contributed by atoms with E-state index in [1.165, 1.54) is 24.4 Å². The molecule has 0 bridgehead atoms. The number of nitro groups is 1. The summed E-state index contributed by atoms with van der Waals surface area (Å²) in [7, 11) is 0. The van der Waals surface area contributed by atoms with Crippen molar-refractivity contribution < 1.29 is 9.72 Å². The molecular weight excluding hydrogens is 374 g/mol. The molecule has 0 aliphatic carbocycles. The molecule has 2 aromatic carbocycles. The van der Waals surface area contributed by atoms with Gasteiger partial charge in [-0.2, -0.15) is 5.10 Å². The molecule has 0 aliphatic heterocycles. The van der Waals surface area contributed by atoms with Crippen LogP contribution < -0.4 is 5.43 Å². The molecule has 0 aliphatic rings. The number of amides is 1. The monoisotopic (exact) mass is 381 g/mol. The van der Waals surface area contributed by atoms with Crippen molar-refractivity contribution in [3.63, 3.8) is 0 Å². The first-order valence-electron chi connectivity index (χ1n) is 6.00. The maximum absolute atomic E-state index is 11.8. The van der Waals surface area contributed by atoms with E-state index in [0.717, 1.165) is 0 Å². The number of rotatable bonds is 4. The first kappa shape index (κ1) is 16.1. The molecular formula is C14H9BrClN3O3. The molecule has 8 heteroatoms. The molecule has 112 valence electrons. The molecule has 0 atom stereocenters. The number of carbonyl (C=O) groups excluding carboxylic acids is 1. The minimum absolute atomic E-state index is 0.0786. The van der Waals surface area contributed by atoms with Crippen LogP contribution in [0.25, 0.3) is 0 Å². The lowest BCUT2D eigenvalue weighted by Gasteiger charge is -2.00. The number of hydrogen-bond acceptors (Lipinski definition) is 4. The number of benzene rings is 2. The Hall–Kier alpha value is -2.25. The molecule has 1 N–H and O–H groups in total. The average Bonchev–Trinajstić information content (AvgIpc) is 2.48. The van der Waals surface area contributed by atoms with Gasteiger partial charge in [0.05, 0.1) is 15.6 Å². The lowest BCUT2D eigenvalue weighted by atomic mass is 10.2. The fourth-order valence-corrected chi connectivity index (χ4v) is 2.19. The third-order valence-corrected chi connectivity index (χ3v) is 3.54. The van der Waals surface area contributed by atoms with Gasteiger partial charge in [0, 0.05) is 22.2 Å². The van der Waals surface area contributed by atoms with Crippen LogP contribution >= 0.6 is 27.5 Å². The zero-order valence-electron chi connectivity index (χ0n) is 11.0. The lowest BCUT2D eigenvalue weighted by molar-refractivity contribution is -0.385. The molecule has 6 nitrogen and oxygen atoms in total. The number of hydrogen-bond donors (Lipinski definition) is 1. The summed E-state index contributed by atoms with van der Waals surface area (Å²) in [5.74, 6) is -0.426. The molecule has 0 aromatic heterocycles. The topological polar surface area (TPSA) is 84.6 Å². The van der Waals surface area contributed by atoms with E-state index in [2.05, 4.69) is 26.5 Å². The summed E-state index contributed by atoms with van der Waals surface area (Å²) in [5, 5.41) is 15.0. The van der Waals surface area contributed by atoms with E-state index in [4.69, 9.17) is 11.6 Å². The van der Waals surface area contributed by atoms with Gasteiger partial charge in [-0.3, -0.25) is 14.9 Å². The number of hydrazone groups is 1. The summed E-state index contributed by atoms with van der Waals surface area (Å²) < 4.78 is 0.373. The Morgan fingerprint density at radius 2 is 2.09 bits per heavy atom. The van der Waals surface area contributed by atoms with Crippen molar-refractivity contribution in [3.05, 3.63) is 73.2 Å². The van der Waals surface area contributed by atoms with Crippen molar-refractivity contribution in [2.75, 3.05) is 0 Å². The third kappa shape index (κ3) is 4.12. The average molecular weight is 383 g/mol. The van der Waals surface area contributed by atoms with Crippen LogP contribution in [0.5, 0.6) is 0 Å². The summed E-state index contributed by atoms with van der Waals surface area (Å²) >= 11 is 8.89. The van der Waals surface area contributed by atoms with Crippen molar-refractivity contribution in [1.82, 2.24) is 5.43 Å². The van der Waals surface area contributed by atoms with Gasteiger partial charge >= 0.3 is 0 Å². The molecule has 1 amide bonds. The highest BCUT2D eigenvalue weighted by Crippen LogP contribution is 2.24. The number of halogens is 2. The molecule has 0 radical (unpaired) electrons.